The molecule has 0 atom stereocenters. The average molecular weight is 457 g/mol. The van der Waals surface area contributed by atoms with Crippen LogP contribution in [0.5, 0.6) is 0 Å². The molecule has 0 aliphatic rings. The lowest BCUT2D eigenvalue weighted by Gasteiger charge is -2.12. The largest absolute Gasteiger partial charge is 0.350 e. The van der Waals surface area contributed by atoms with E-state index in [1.807, 2.05) is 17.6 Å². The number of rotatable bonds is 8. The molecule has 0 bridgehead atoms. The molecule has 0 aliphatic heterocycles. The first-order chi connectivity index (χ1) is 15.2. The Morgan fingerprint density at radius 3 is 2.53 bits per heavy atom. The lowest BCUT2D eigenvalue weighted by atomic mass is 10.2. The minimum absolute atomic E-state index is 0.00113. The van der Waals surface area contributed by atoms with Crippen LogP contribution in [0.1, 0.15) is 21.7 Å². The zero-order valence-electron chi connectivity index (χ0n) is 17.9. The monoisotopic (exact) mass is 456 g/mol. The highest BCUT2D eigenvalue weighted by Crippen LogP contribution is 2.15. The van der Waals surface area contributed by atoms with Crippen LogP contribution in [0.3, 0.4) is 0 Å². The zero-order valence-corrected chi connectivity index (χ0v) is 18.8. The van der Waals surface area contributed by atoms with E-state index in [1.54, 1.807) is 24.7 Å². The van der Waals surface area contributed by atoms with Crippen molar-refractivity contribution in [3.8, 4) is 5.82 Å². The fraction of sp³-hybridized carbons (Fsp3) is 0.238. The van der Waals surface area contributed by atoms with Gasteiger partial charge in [0.15, 0.2) is 0 Å². The molecular weight excluding hydrogens is 432 g/mol. The predicted molar refractivity (Wildman–Crippen MR) is 118 cm³/mol. The van der Waals surface area contributed by atoms with E-state index in [4.69, 9.17) is 0 Å². The van der Waals surface area contributed by atoms with Crippen LogP contribution in [0.15, 0.2) is 59.9 Å². The maximum Gasteiger partial charge on any atom is 0.251 e. The summed E-state index contributed by atoms with van der Waals surface area (Å²) in [6.07, 6.45) is 5.13. The molecule has 10 nitrogen and oxygen atoms in total. The van der Waals surface area contributed by atoms with E-state index in [1.165, 1.54) is 38.4 Å². The maximum absolute atomic E-state index is 12.4. The van der Waals surface area contributed by atoms with Gasteiger partial charge in [0, 0.05) is 44.8 Å². The molecule has 0 aliphatic carbocycles. The number of hydrogen-bond acceptors (Lipinski definition) is 6. The lowest BCUT2D eigenvalue weighted by Crippen LogP contribution is -2.36. The SMILES string of the molecule is Cc1nccn1-c1cc(CNC(=O)CNC(=O)c2cccc(S(=O)(=O)N(C)C)c2)ccn1. The van der Waals surface area contributed by atoms with Gasteiger partial charge >= 0.3 is 0 Å². The number of sulfonamides is 1. The van der Waals surface area contributed by atoms with Gasteiger partial charge in [0.25, 0.3) is 5.91 Å². The molecule has 0 radical (unpaired) electrons. The number of nitrogens with one attached hydrogen (secondary N) is 2. The van der Waals surface area contributed by atoms with Crippen molar-refractivity contribution < 1.29 is 18.0 Å². The first-order valence-electron chi connectivity index (χ1n) is 9.71. The molecule has 0 fully saturated rings. The van der Waals surface area contributed by atoms with Crippen LogP contribution in [0.2, 0.25) is 0 Å². The van der Waals surface area contributed by atoms with E-state index >= 15 is 0 Å². The second kappa shape index (κ2) is 9.71. The molecule has 11 heteroatoms. The smallest absolute Gasteiger partial charge is 0.251 e. The van der Waals surface area contributed by atoms with E-state index in [0.717, 1.165) is 15.7 Å². The third-order valence-corrected chi connectivity index (χ3v) is 6.47. The number of imidazole rings is 1. The van der Waals surface area contributed by atoms with Crippen molar-refractivity contribution in [3.63, 3.8) is 0 Å². The molecule has 2 heterocycles. The highest BCUT2D eigenvalue weighted by Gasteiger charge is 2.19. The summed E-state index contributed by atoms with van der Waals surface area (Å²) in [6.45, 7) is 1.88. The van der Waals surface area contributed by atoms with Crippen molar-refractivity contribution in [2.45, 2.75) is 18.4 Å². The highest BCUT2D eigenvalue weighted by molar-refractivity contribution is 7.89. The predicted octanol–water partition coefficient (Wildman–Crippen LogP) is 0.872. The van der Waals surface area contributed by atoms with Gasteiger partial charge in [-0.3, -0.25) is 14.2 Å². The zero-order chi connectivity index (χ0) is 23.3. The number of nitrogens with zero attached hydrogens (tertiary/aromatic N) is 4. The second-order valence-electron chi connectivity index (χ2n) is 7.14. The summed E-state index contributed by atoms with van der Waals surface area (Å²) in [4.78, 5) is 33.0. The fourth-order valence-electron chi connectivity index (χ4n) is 2.86. The summed E-state index contributed by atoms with van der Waals surface area (Å²) in [7, 11) is -0.840. The first-order valence-corrected chi connectivity index (χ1v) is 11.2. The van der Waals surface area contributed by atoms with Crippen LogP contribution in [0.25, 0.3) is 5.82 Å². The summed E-state index contributed by atoms with van der Waals surface area (Å²) < 4.78 is 27.4. The van der Waals surface area contributed by atoms with E-state index < -0.39 is 15.9 Å². The van der Waals surface area contributed by atoms with Crippen LogP contribution >= 0.6 is 0 Å². The number of carbonyl (C=O) groups excluding carboxylic acids is 2. The van der Waals surface area contributed by atoms with E-state index in [2.05, 4.69) is 20.6 Å². The van der Waals surface area contributed by atoms with Gasteiger partial charge in [0.2, 0.25) is 15.9 Å². The quantitative estimate of drug-likeness (QED) is 0.518. The molecule has 2 amide bonds. The van der Waals surface area contributed by atoms with Gasteiger partial charge in [0.05, 0.1) is 11.4 Å². The van der Waals surface area contributed by atoms with Gasteiger partial charge < -0.3 is 10.6 Å². The topological polar surface area (TPSA) is 126 Å². The van der Waals surface area contributed by atoms with Gasteiger partial charge in [0.1, 0.15) is 11.6 Å². The summed E-state index contributed by atoms with van der Waals surface area (Å²) in [5.41, 5.74) is 0.986. The number of carbonyl (C=O) groups is 2. The molecule has 0 saturated heterocycles. The Bertz CT molecular complexity index is 1240. The van der Waals surface area contributed by atoms with Gasteiger partial charge in [-0.15, -0.1) is 0 Å². The lowest BCUT2D eigenvalue weighted by molar-refractivity contribution is -0.120. The molecule has 168 valence electrons. The van der Waals surface area contributed by atoms with Crippen LogP contribution < -0.4 is 10.6 Å². The summed E-state index contributed by atoms with van der Waals surface area (Å²) in [5.74, 6) is 0.557. The molecule has 0 saturated carbocycles. The first kappa shape index (κ1) is 23.1. The van der Waals surface area contributed by atoms with Gasteiger partial charge in [-0.25, -0.2) is 22.7 Å². The third kappa shape index (κ3) is 5.37. The highest BCUT2D eigenvalue weighted by atomic mass is 32.2. The molecular formula is C21H24N6O4S. The van der Waals surface area contributed by atoms with E-state index in [0.29, 0.717) is 5.82 Å². The average Bonchev–Trinajstić information content (AvgIpc) is 3.22. The van der Waals surface area contributed by atoms with Crippen molar-refractivity contribution in [1.82, 2.24) is 29.5 Å². The van der Waals surface area contributed by atoms with E-state index in [9.17, 15) is 18.0 Å². The molecule has 3 aromatic rings. The Morgan fingerprint density at radius 1 is 1.06 bits per heavy atom. The molecule has 0 spiro atoms. The third-order valence-electron chi connectivity index (χ3n) is 4.66. The molecule has 0 unspecified atom stereocenters. The molecule has 32 heavy (non-hydrogen) atoms. The van der Waals surface area contributed by atoms with Crippen molar-refractivity contribution >= 4 is 21.8 Å². The van der Waals surface area contributed by atoms with Crippen LogP contribution in [-0.4, -0.2) is 59.7 Å². The summed E-state index contributed by atoms with van der Waals surface area (Å²) >= 11 is 0. The Balaban J connectivity index is 1.56. The van der Waals surface area contributed by atoms with Crippen molar-refractivity contribution in [3.05, 3.63) is 71.9 Å². The van der Waals surface area contributed by atoms with Crippen LogP contribution in [0, 0.1) is 6.92 Å². The normalized spacial score (nSPS) is 11.4. The van der Waals surface area contributed by atoms with Crippen molar-refractivity contribution in [1.29, 1.82) is 0 Å². The fourth-order valence-corrected chi connectivity index (χ4v) is 3.80. The minimum Gasteiger partial charge on any atom is -0.350 e. The van der Waals surface area contributed by atoms with E-state index in [-0.39, 0.29) is 29.5 Å². The number of hydrogen-bond donors (Lipinski definition) is 2. The Kier molecular flexibility index (Phi) is 7.01. The Hall–Kier alpha value is -3.57. The minimum atomic E-state index is -3.66. The van der Waals surface area contributed by atoms with Crippen molar-refractivity contribution in [2.24, 2.45) is 0 Å². The number of aryl methyl sites for hydroxylation is 1. The maximum atomic E-state index is 12.4. The molecule has 3 rings (SSSR count). The number of aromatic nitrogens is 3. The number of benzene rings is 1. The number of pyridine rings is 1. The Labute approximate surface area is 186 Å². The van der Waals surface area contributed by atoms with Gasteiger partial charge in [-0.05, 0) is 42.8 Å². The standard InChI is InChI=1S/C21H24N6O4S/c1-15-22-9-10-27(15)19-11-16(7-8-23-19)13-24-20(28)14-25-21(29)17-5-4-6-18(12-17)32(30,31)26(2)3/h4-12H,13-14H2,1-3H3,(H,24,28)(H,25,29). The summed E-state index contributed by atoms with van der Waals surface area (Å²) in [5, 5.41) is 5.23. The number of amides is 2. The second-order valence-corrected chi connectivity index (χ2v) is 9.29. The van der Waals surface area contributed by atoms with Crippen molar-refractivity contribution in [2.75, 3.05) is 20.6 Å². The molecule has 1 aromatic carbocycles. The molecule has 2 N–H and O–H groups in total. The Morgan fingerprint density at radius 2 is 1.84 bits per heavy atom. The van der Waals surface area contributed by atoms with Gasteiger partial charge in [-0.1, -0.05) is 6.07 Å². The van der Waals surface area contributed by atoms with Crippen LogP contribution in [-0.2, 0) is 21.4 Å². The molecule has 2 aromatic heterocycles. The van der Waals surface area contributed by atoms with Crippen LogP contribution in [0.4, 0.5) is 0 Å². The van der Waals surface area contributed by atoms with Gasteiger partial charge in [-0.2, -0.15) is 0 Å². The summed E-state index contributed by atoms with van der Waals surface area (Å²) in [6, 6.07) is 9.27.